The second-order valence-electron chi connectivity index (χ2n) is 5.76. The maximum Gasteiger partial charge on any atom is 0.237 e. The molecule has 2 rings (SSSR count). The summed E-state index contributed by atoms with van der Waals surface area (Å²) in [6.45, 7) is 5.47. The van der Waals surface area contributed by atoms with E-state index in [2.05, 4.69) is 21.5 Å². The van der Waals surface area contributed by atoms with Crippen LogP contribution in [-0.4, -0.2) is 49.1 Å². The Balaban J connectivity index is 1.66. The lowest BCUT2D eigenvalue weighted by Gasteiger charge is -2.35. The maximum absolute atomic E-state index is 11.8. The fourth-order valence-electron chi connectivity index (χ4n) is 2.62. The molecule has 4 heteroatoms. The molecular weight excluding hydrogens is 238 g/mol. The average Bonchev–Trinajstić information content (AvgIpc) is 3.26. The molecule has 1 unspecified atom stereocenters. The molecule has 1 saturated carbocycles. The van der Waals surface area contributed by atoms with Crippen molar-refractivity contribution in [3.05, 3.63) is 0 Å². The number of carbonyl (C=O) groups is 1. The van der Waals surface area contributed by atoms with Gasteiger partial charge in [-0.25, -0.2) is 0 Å². The molecule has 1 atom stereocenters. The molecule has 0 aromatic carbocycles. The third-order valence-corrected chi connectivity index (χ3v) is 4.21. The number of nitrogens with zero attached hydrogens (tertiary/aromatic N) is 1. The molecule has 2 fully saturated rings. The zero-order valence-electron chi connectivity index (χ0n) is 11.8. The van der Waals surface area contributed by atoms with E-state index in [1.54, 1.807) is 0 Å². The van der Waals surface area contributed by atoms with Crippen LogP contribution in [0.25, 0.3) is 0 Å². The van der Waals surface area contributed by atoms with E-state index in [-0.39, 0.29) is 11.9 Å². The number of nitrogens with one attached hydrogen (secondary N) is 2. The van der Waals surface area contributed by atoms with Crippen LogP contribution >= 0.6 is 0 Å². The van der Waals surface area contributed by atoms with E-state index in [4.69, 9.17) is 6.42 Å². The van der Waals surface area contributed by atoms with Crippen LogP contribution < -0.4 is 10.6 Å². The number of piperidine rings is 1. The molecule has 2 N–H and O–H groups in total. The lowest BCUT2D eigenvalue weighted by molar-refractivity contribution is -0.126. The molecule has 1 saturated heterocycles. The molecule has 19 heavy (non-hydrogen) atoms. The van der Waals surface area contributed by atoms with Gasteiger partial charge in [0.15, 0.2) is 0 Å². The Morgan fingerprint density at radius 2 is 2.05 bits per heavy atom. The molecule has 0 aromatic rings. The van der Waals surface area contributed by atoms with Gasteiger partial charge < -0.3 is 10.6 Å². The van der Waals surface area contributed by atoms with Crippen molar-refractivity contribution in [3.63, 3.8) is 0 Å². The Labute approximate surface area is 116 Å². The van der Waals surface area contributed by atoms with Crippen molar-refractivity contribution >= 4 is 5.91 Å². The summed E-state index contributed by atoms with van der Waals surface area (Å²) < 4.78 is 0. The number of likely N-dealkylation sites (tertiary alicyclic amines) is 1. The molecule has 0 bridgehead atoms. The Bertz CT molecular complexity index is 338. The highest BCUT2D eigenvalue weighted by Gasteiger charge is 2.27. The molecule has 2 aliphatic rings. The number of rotatable bonds is 6. The maximum atomic E-state index is 11.8. The number of carbonyl (C=O) groups excluding carboxylic acids is 1. The van der Waals surface area contributed by atoms with Gasteiger partial charge in [-0.05, 0) is 58.2 Å². The van der Waals surface area contributed by atoms with E-state index in [0.717, 1.165) is 31.6 Å². The van der Waals surface area contributed by atoms with Crippen LogP contribution in [-0.2, 0) is 4.79 Å². The Morgan fingerprint density at radius 1 is 1.37 bits per heavy atom. The summed E-state index contributed by atoms with van der Waals surface area (Å²) in [5, 5.41) is 6.36. The highest BCUT2D eigenvalue weighted by atomic mass is 16.2. The van der Waals surface area contributed by atoms with Gasteiger partial charge in [-0.15, -0.1) is 6.42 Å². The van der Waals surface area contributed by atoms with Gasteiger partial charge in [0.05, 0.1) is 12.6 Å². The fraction of sp³-hybridized carbons (Fsp3) is 0.800. The van der Waals surface area contributed by atoms with Crippen molar-refractivity contribution in [3.8, 4) is 12.3 Å². The molecule has 1 aliphatic heterocycles. The third-order valence-electron chi connectivity index (χ3n) is 4.21. The van der Waals surface area contributed by atoms with Crippen molar-refractivity contribution in [2.75, 3.05) is 26.2 Å². The Kier molecular flexibility index (Phi) is 5.24. The minimum absolute atomic E-state index is 0.0486. The first-order valence-corrected chi connectivity index (χ1v) is 7.39. The van der Waals surface area contributed by atoms with Crippen molar-refractivity contribution in [1.29, 1.82) is 0 Å². The predicted octanol–water partition coefficient (Wildman–Crippen LogP) is 0.588. The first kappa shape index (κ1) is 14.4. The quantitative estimate of drug-likeness (QED) is 0.689. The van der Waals surface area contributed by atoms with E-state index < -0.39 is 0 Å². The highest BCUT2D eigenvalue weighted by Crippen LogP contribution is 2.22. The number of hydrogen-bond acceptors (Lipinski definition) is 3. The third kappa shape index (κ3) is 4.52. The van der Waals surface area contributed by atoms with Crippen LogP contribution in [0.2, 0.25) is 0 Å². The number of hydrogen-bond donors (Lipinski definition) is 2. The SMILES string of the molecule is C#CCNC(=O)C(C)N1CCC(CNC2CC2)CC1. The van der Waals surface area contributed by atoms with Crippen LogP contribution in [0, 0.1) is 18.3 Å². The van der Waals surface area contributed by atoms with Crippen LogP contribution in [0.4, 0.5) is 0 Å². The predicted molar refractivity (Wildman–Crippen MR) is 76.6 cm³/mol. The number of amides is 1. The lowest BCUT2D eigenvalue weighted by Crippen LogP contribution is -2.49. The summed E-state index contributed by atoms with van der Waals surface area (Å²) >= 11 is 0. The summed E-state index contributed by atoms with van der Waals surface area (Å²) in [4.78, 5) is 14.1. The van der Waals surface area contributed by atoms with Crippen LogP contribution in [0.15, 0.2) is 0 Å². The average molecular weight is 263 g/mol. The van der Waals surface area contributed by atoms with Gasteiger partial charge in [-0.1, -0.05) is 5.92 Å². The van der Waals surface area contributed by atoms with Gasteiger partial charge in [0.25, 0.3) is 0 Å². The van der Waals surface area contributed by atoms with E-state index >= 15 is 0 Å². The van der Waals surface area contributed by atoms with Gasteiger partial charge >= 0.3 is 0 Å². The largest absolute Gasteiger partial charge is 0.344 e. The Hall–Kier alpha value is -1.05. The van der Waals surface area contributed by atoms with Crippen LogP contribution in [0.3, 0.4) is 0 Å². The van der Waals surface area contributed by atoms with Crippen molar-refractivity contribution in [1.82, 2.24) is 15.5 Å². The molecule has 4 nitrogen and oxygen atoms in total. The van der Waals surface area contributed by atoms with Gasteiger partial charge in [-0.3, -0.25) is 9.69 Å². The van der Waals surface area contributed by atoms with Crippen molar-refractivity contribution in [2.24, 2.45) is 5.92 Å². The fourth-order valence-corrected chi connectivity index (χ4v) is 2.62. The monoisotopic (exact) mass is 263 g/mol. The van der Waals surface area contributed by atoms with E-state index in [9.17, 15) is 4.79 Å². The first-order valence-electron chi connectivity index (χ1n) is 7.39. The van der Waals surface area contributed by atoms with E-state index in [0.29, 0.717) is 6.54 Å². The van der Waals surface area contributed by atoms with Crippen molar-refractivity contribution in [2.45, 2.75) is 44.7 Å². The van der Waals surface area contributed by atoms with Gasteiger partial charge in [0.1, 0.15) is 0 Å². The zero-order chi connectivity index (χ0) is 13.7. The molecule has 1 heterocycles. The number of terminal acetylenes is 1. The molecule has 0 radical (unpaired) electrons. The zero-order valence-corrected chi connectivity index (χ0v) is 11.8. The summed E-state index contributed by atoms with van der Waals surface area (Å²) in [6.07, 6.45) is 10.2. The first-order chi connectivity index (χ1) is 9.20. The minimum atomic E-state index is -0.0642. The standard InChI is InChI=1S/C15H25N3O/c1-3-8-16-15(19)12(2)18-9-6-13(7-10-18)11-17-14-4-5-14/h1,12-14,17H,4-11H2,2H3,(H,16,19). The highest BCUT2D eigenvalue weighted by molar-refractivity contribution is 5.81. The minimum Gasteiger partial charge on any atom is -0.344 e. The molecule has 1 aliphatic carbocycles. The van der Waals surface area contributed by atoms with E-state index in [1.807, 2.05) is 6.92 Å². The molecule has 0 spiro atoms. The molecule has 0 aromatic heterocycles. The topological polar surface area (TPSA) is 44.4 Å². The summed E-state index contributed by atoms with van der Waals surface area (Å²) in [5.41, 5.74) is 0. The van der Waals surface area contributed by atoms with Crippen LogP contribution in [0.1, 0.15) is 32.6 Å². The second kappa shape index (κ2) is 6.93. The smallest absolute Gasteiger partial charge is 0.237 e. The second-order valence-corrected chi connectivity index (χ2v) is 5.76. The summed E-state index contributed by atoms with van der Waals surface area (Å²) in [5.74, 6) is 3.26. The van der Waals surface area contributed by atoms with Crippen LogP contribution in [0.5, 0.6) is 0 Å². The van der Waals surface area contributed by atoms with Gasteiger partial charge in [0.2, 0.25) is 5.91 Å². The molecule has 1 amide bonds. The lowest BCUT2D eigenvalue weighted by atomic mass is 9.95. The molecule has 106 valence electrons. The normalized spacial score (nSPS) is 22.7. The summed E-state index contributed by atoms with van der Waals surface area (Å²) in [6, 6.07) is 0.734. The molecular formula is C15H25N3O. The van der Waals surface area contributed by atoms with Crippen molar-refractivity contribution < 1.29 is 4.79 Å². The summed E-state index contributed by atoms with van der Waals surface area (Å²) in [7, 11) is 0. The van der Waals surface area contributed by atoms with Gasteiger partial charge in [0, 0.05) is 6.04 Å². The van der Waals surface area contributed by atoms with Gasteiger partial charge in [-0.2, -0.15) is 0 Å². The Morgan fingerprint density at radius 3 is 2.63 bits per heavy atom. The van der Waals surface area contributed by atoms with E-state index in [1.165, 1.54) is 25.7 Å².